The van der Waals surface area contributed by atoms with E-state index < -0.39 is 0 Å². The van der Waals surface area contributed by atoms with Crippen molar-refractivity contribution in [2.24, 2.45) is 5.92 Å². The number of nitrogens with zero attached hydrogens (tertiary/aromatic N) is 3. The number of amides is 2. The summed E-state index contributed by atoms with van der Waals surface area (Å²) in [6.45, 7) is 1.06. The third kappa shape index (κ3) is 4.48. The first-order chi connectivity index (χ1) is 14.6. The molecule has 2 aliphatic heterocycles. The van der Waals surface area contributed by atoms with E-state index in [1.54, 1.807) is 41.6 Å². The fraction of sp³-hybridized carbons (Fsp3) is 0.364. The highest BCUT2D eigenvalue weighted by molar-refractivity contribution is 5.93. The molecule has 4 rings (SSSR count). The van der Waals surface area contributed by atoms with Gasteiger partial charge in [-0.2, -0.15) is 5.26 Å². The smallest absolute Gasteiger partial charge is 0.241 e. The summed E-state index contributed by atoms with van der Waals surface area (Å²) in [7, 11) is 0. The number of likely N-dealkylation sites (tertiary alicyclic amines) is 1. The van der Waals surface area contributed by atoms with E-state index in [0.29, 0.717) is 30.8 Å². The van der Waals surface area contributed by atoms with Crippen molar-refractivity contribution in [3.8, 4) is 6.07 Å². The number of aromatic nitrogens is 1. The number of hydrogen-bond acceptors (Lipinski definition) is 6. The lowest BCUT2D eigenvalue weighted by Gasteiger charge is -2.33. The Hall–Kier alpha value is -3.28. The van der Waals surface area contributed by atoms with Gasteiger partial charge in [0.1, 0.15) is 6.04 Å². The van der Waals surface area contributed by atoms with Gasteiger partial charge in [-0.1, -0.05) is 6.07 Å². The Labute approximate surface area is 175 Å². The third-order valence-corrected chi connectivity index (χ3v) is 5.67. The highest BCUT2D eigenvalue weighted by atomic mass is 16.2. The maximum Gasteiger partial charge on any atom is 0.241 e. The SMILES string of the molecule is N#Cc1cccc(NC(=O)C2CCCN(C(=O)C3CC(c4ccncc4)NN3)C2)c1. The van der Waals surface area contributed by atoms with Crippen LogP contribution in [-0.2, 0) is 9.59 Å². The molecule has 2 saturated heterocycles. The Bertz CT molecular complexity index is 958. The van der Waals surface area contributed by atoms with Crippen molar-refractivity contribution in [1.29, 1.82) is 5.26 Å². The van der Waals surface area contributed by atoms with Crippen LogP contribution in [0.2, 0.25) is 0 Å². The number of pyridine rings is 1. The van der Waals surface area contributed by atoms with Crippen molar-refractivity contribution in [1.82, 2.24) is 20.7 Å². The molecule has 0 aliphatic carbocycles. The Morgan fingerprint density at radius 2 is 2.03 bits per heavy atom. The molecule has 1 aromatic carbocycles. The lowest BCUT2D eigenvalue weighted by Crippen LogP contribution is -2.50. The lowest BCUT2D eigenvalue weighted by molar-refractivity contribution is -0.136. The maximum atomic E-state index is 13.0. The van der Waals surface area contributed by atoms with E-state index in [2.05, 4.69) is 27.2 Å². The molecule has 0 bridgehead atoms. The lowest BCUT2D eigenvalue weighted by atomic mass is 9.95. The molecule has 3 atom stereocenters. The van der Waals surface area contributed by atoms with Gasteiger partial charge in [-0.05, 0) is 55.2 Å². The van der Waals surface area contributed by atoms with Crippen molar-refractivity contribution in [2.75, 3.05) is 18.4 Å². The van der Waals surface area contributed by atoms with Crippen LogP contribution in [0.3, 0.4) is 0 Å². The van der Waals surface area contributed by atoms with Crippen molar-refractivity contribution < 1.29 is 9.59 Å². The van der Waals surface area contributed by atoms with Gasteiger partial charge in [-0.15, -0.1) is 0 Å². The Kier molecular flexibility index (Phi) is 6.02. The third-order valence-electron chi connectivity index (χ3n) is 5.67. The molecule has 3 unspecified atom stereocenters. The summed E-state index contributed by atoms with van der Waals surface area (Å²) in [4.78, 5) is 31.6. The second-order valence-electron chi connectivity index (χ2n) is 7.72. The predicted octanol–water partition coefficient (Wildman–Crippen LogP) is 1.74. The van der Waals surface area contributed by atoms with Crippen LogP contribution < -0.4 is 16.2 Å². The number of nitriles is 1. The van der Waals surface area contributed by atoms with Crippen LogP contribution >= 0.6 is 0 Å². The number of carbonyl (C=O) groups is 2. The zero-order valence-corrected chi connectivity index (χ0v) is 16.5. The minimum absolute atomic E-state index is 0.0167. The number of hydrogen-bond donors (Lipinski definition) is 3. The van der Waals surface area contributed by atoms with Gasteiger partial charge in [-0.3, -0.25) is 14.6 Å². The molecule has 1 aromatic heterocycles. The van der Waals surface area contributed by atoms with Gasteiger partial charge in [0, 0.05) is 37.2 Å². The van der Waals surface area contributed by atoms with Gasteiger partial charge in [0.25, 0.3) is 0 Å². The van der Waals surface area contributed by atoms with Crippen LogP contribution in [0.25, 0.3) is 0 Å². The predicted molar refractivity (Wildman–Crippen MR) is 111 cm³/mol. The van der Waals surface area contributed by atoms with Crippen LogP contribution in [0.15, 0.2) is 48.8 Å². The highest BCUT2D eigenvalue weighted by Crippen LogP contribution is 2.25. The Morgan fingerprint density at radius 1 is 1.20 bits per heavy atom. The second-order valence-corrected chi connectivity index (χ2v) is 7.72. The maximum absolute atomic E-state index is 13.0. The molecular weight excluding hydrogens is 380 g/mol. The molecule has 0 saturated carbocycles. The first-order valence-corrected chi connectivity index (χ1v) is 10.1. The van der Waals surface area contributed by atoms with E-state index in [4.69, 9.17) is 5.26 Å². The van der Waals surface area contributed by atoms with E-state index in [1.165, 1.54) is 0 Å². The molecular formula is C22H24N6O2. The van der Waals surface area contributed by atoms with E-state index in [1.807, 2.05) is 12.1 Å². The number of piperidine rings is 1. The van der Waals surface area contributed by atoms with Gasteiger partial charge < -0.3 is 10.2 Å². The fourth-order valence-electron chi connectivity index (χ4n) is 4.05. The summed E-state index contributed by atoms with van der Waals surface area (Å²) < 4.78 is 0. The summed E-state index contributed by atoms with van der Waals surface area (Å²) in [6, 6.07) is 12.5. The Morgan fingerprint density at radius 3 is 2.83 bits per heavy atom. The van der Waals surface area contributed by atoms with Crippen LogP contribution in [-0.4, -0.2) is 40.8 Å². The summed E-state index contributed by atoms with van der Waals surface area (Å²) in [6.07, 6.45) is 5.66. The van der Waals surface area contributed by atoms with Crippen molar-refractivity contribution in [3.05, 3.63) is 59.9 Å². The average molecular weight is 404 g/mol. The molecule has 2 aliphatic rings. The molecule has 8 nitrogen and oxygen atoms in total. The molecule has 2 amide bonds. The van der Waals surface area contributed by atoms with E-state index in [-0.39, 0.29) is 29.8 Å². The minimum atomic E-state index is -0.322. The summed E-state index contributed by atoms with van der Waals surface area (Å²) in [5.41, 5.74) is 8.48. The fourth-order valence-corrected chi connectivity index (χ4v) is 4.05. The molecule has 0 radical (unpaired) electrons. The number of anilines is 1. The van der Waals surface area contributed by atoms with Crippen LogP contribution in [0.4, 0.5) is 5.69 Å². The number of carbonyl (C=O) groups excluding carboxylic acids is 2. The molecule has 3 N–H and O–H groups in total. The van der Waals surface area contributed by atoms with Crippen LogP contribution in [0, 0.1) is 17.2 Å². The zero-order valence-electron chi connectivity index (χ0n) is 16.5. The second kappa shape index (κ2) is 9.03. The normalized spacial score (nSPS) is 23.6. The van der Waals surface area contributed by atoms with Gasteiger partial charge in [0.15, 0.2) is 0 Å². The minimum Gasteiger partial charge on any atom is -0.341 e. The first kappa shape index (κ1) is 20.0. The summed E-state index contributed by atoms with van der Waals surface area (Å²) in [5.74, 6) is -0.364. The van der Waals surface area contributed by atoms with Crippen molar-refractivity contribution >= 4 is 17.5 Å². The number of hydrazine groups is 1. The average Bonchev–Trinajstić information content (AvgIpc) is 3.30. The number of rotatable bonds is 4. The van der Waals surface area contributed by atoms with E-state index >= 15 is 0 Å². The monoisotopic (exact) mass is 404 g/mol. The number of benzene rings is 1. The van der Waals surface area contributed by atoms with Gasteiger partial charge >= 0.3 is 0 Å². The summed E-state index contributed by atoms with van der Waals surface area (Å²) in [5, 5.41) is 11.9. The van der Waals surface area contributed by atoms with Gasteiger partial charge in [0.2, 0.25) is 11.8 Å². The van der Waals surface area contributed by atoms with E-state index in [0.717, 1.165) is 18.4 Å². The Balaban J connectivity index is 1.35. The molecule has 2 aromatic rings. The molecule has 0 spiro atoms. The topological polar surface area (TPSA) is 110 Å². The van der Waals surface area contributed by atoms with Crippen LogP contribution in [0.1, 0.15) is 36.4 Å². The van der Waals surface area contributed by atoms with Gasteiger partial charge in [-0.25, -0.2) is 10.9 Å². The highest BCUT2D eigenvalue weighted by Gasteiger charge is 2.36. The first-order valence-electron chi connectivity index (χ1n) is 10.1. The number of nitrogens with one attached hydrogen (secondary N) is 3. The molecule has 30 heavy (non-hydrogen) atoms. The molecule has 2 fully saturated rings. The van der Waals surface area contributed by atoms with Crippen molar-refractivity contribution in [3.63, 3.8) is 0 Å². The van der Waals surface area contributed by atoms with Crippen molar-refractivity contribution in [2.45, 2.75) is 31.3 Å². The van der Waals surface area contributed by atoms with E-state index in [9.17, 15) is 9.59 Å². The zero-order chi connectivity index (χ0) is 20.9. The standard InChI is InChI=1S/C22H24N6O2/c23-13-15-3-1-5-18(11-15)25-21(29)17-4-2-10-28(14-17)22(30)20-12-19(26-27-20)16-6-8-24-9-7-16/h1,3,5-9,11,17,19-20,26-27H,2,4,10,12,14H2,(H,25,29). The molecule has 154 valence electrons. The quantitative estimate of drug-likeness (QED) is 0.716. The molecule has 3 heterocycles. The largest absolute Gasteiger partial charge is 0.341 e. The molecule has 8 heteroatoms. The van der Waals surface area contributed by atoms with Crippen LogP contribution in [0.5, 0.6) is 0 Å². The van der Waals surface area contributed by atoms with Gasteiger partial charge in [0.05, 0.1) is 17.6 Å². The summed E-state index contributed by atoms with van der Waals surface area (Å²) >= 11 is 0.